The van der Waals surface area contributed by atoms with Gasteiger partial charge < -0.3 is 14.7 Å². The van der Waals surface area contributed by atoms with Gasteiger partial charge in [-0.15, -0.1) is 0 Å². The standard InChI is InChI=1S/C19H22ClN3OS/c20-14-8-6-13(7-9-14)18-16-12-23(11-10-17(16)22-24-18)19(25)21-15-4-2-1-3-5-15/h6-9,15H,1-5,10-12H2,(H,21,25). The fourth-order valence-electron chi connectivity index (χ4n) is 3.73. The minimum absolute atomic E-state index is 0.529. The molecule has 2 aromatic rings. The van der Waals surface area contributed by atoms with Gasteiger partial charge in [0.05, 0.1) is 12.2 Å². The van der Waals surface area contributed by atoms with E-state index in [0.29, 0.717) is 6.04 Å². The summed E-state index contributed by atoms with van der Waals surface area (Å²) in [7, 11) is 0. The first-order chi connectivity index (χ1) is 12.2. The number of nitrogens with zero attached hydrogens (tertiary/aromatic N) is 2. The first kappa shape index (κ1) is 16.9. The summed E-state index contributed by atoms with van der Waals surface area (Å²) in [5.41, 5.74) is 3.19. The molecule has 6 heteroatoms. The van der Waals surface area contributed by atoms with Crippen molar-refractivity contribution in [3.8, 4) is 11.3 Å². The van der Waals surface area contributed by atoms with Gasteiger partial charge in [0.15, 0.2) is 10.9 Å². The molecule has 0 bridgehead atoms. The quantitative estimate of drug-likeness (QED) is 0.779. The molecule has 132 valence electrons. The van der Waals surface area contributed by atoms with E-state index in [0.717, 1.165) is 52.2 Å². The van der Waals surface area contributed by atoms with Crippen molar-refractivity contribution in [2.75, 3.05) is 6.54 Å². The summed E-state index contributed by atoms with van der Waals surface area (Å²) < 4.78 is 5.64. The smallest absolute Gasteiger partial charge is 0.172 e. The Labute approximate surface area is 158 Å². The van der Waals surface area contributed by atoms with E-state index in [1.54, 1.807) is 0 Å². The Morgan fingerprint density at radius 2 is 1.96 bits per heavy atom. The molecule has 2 heterocycles. The third kappa shape index (κ3) is 3.67. The number of hydrogen-bond donors (Lipinski definition) is 1. The van der Waals surface area contributed by atoms with Gasteiger partial charge in [0.25, 0.3) is 0 Å². The fraction of sp³-hybridized carbons (Fsp3) is 0.474. The van der Waals surface area contributed by atoms with Gasteiger partial charge in [0, 0.05) is 35.2 Å². The molecule has 1 aliphatic heterocycles. The Morgan fingerprint density at radius 1 is 1.20 bits per heavy atom. The summed E-state index contributed by atoms with van der Waals surface area (Å²) in [6.45, 7) is 1.63. The molecule has 1 aromatic heterocycles. The van der Waals surface area contributed by atoms with E-state index in [9.17, 15) is 0 Å². The second-order valence-corrected chi connectivity index (χ2v) is 7.72. The van der Waals surface area contributed by atoms with Crippen LogP contribution in [0.25, 0.3) is 11.3 Å². The Balaban J connectivity index is 1.49. The van der Waals surface area contributed by atoms with E-state index in [1.165, 1.54) is 32.1 Å². The van der Waals surface area contributed by atoms with Crippen LogP contribution in [0.1, 0.15) is 43.4 Å². The highest BCUT2D eigenvalue weighted by Crippen LogP contribution is 2.31. The van der Waals surface area contributed by atoms with Crippen LogP contribution in [-0.4, -0.2) is 27.8 Å². The highest BCUT2D eigenvalue weighted by Gasteiger charge is 2.27. The lowest BCUT2D eigenvalue weighted by atomic mass is 9.95. The molecule has 0 amide bonds. The van der Waals surface area contributed by atoms with E-state index in [4.69, 9.17) is 28.3 Å². The number of benzene rings is 1. The van der Waals surface area contributed by atoms with Gasteiger partial charge in [-0.3, -0.25) is 0 Å². The van der Waals surface area contributed by atoms with Crippen molar-refractivity contribution in [3.63, 3.8) is 0 Å². The van der Waals surface area contributed by atoms with Gasteiger partial charge in [-0.1, -0.05) is 36.0 Å². The third-order valence-electron chi connectivity index (χ3n) is 5.16. The van der Waals surface area contributed by atoms with E-state index in [-0.39, 0.29) is 0 Å². The van der Waals surface area contributed by atoms with Gasteiger partial charge in [0.1, 0.15) is 0 Å². The predicted octanol–water partition coefficient (Wildman–Crippen LogP) is 4.56. The molecule has 1 aromatic carbocycles. The monoisotopic (exact) mass is 375 g/mol. The van der Waals surface area contributed by atoms with Crippen LogP contribution < -0.4 is 5.32 Å². The number of aromatic nitrogens is 1. The van der Waals surface area contributed by atoms with E-state index in [1.807, 2.05) is 24.3 Å². The molecule has 4 nitrogen and oxygen atoms in total. The zero-order chi connectivity index (χ0) is 17.2. The van der Waals surface area contributed by atoms with E-state index in [2.05, 4.69) is 15.4 Å². The number of halogens is 1. The number of hydrogen-bond acceptors (Lipinski definition) is 3. The Morgan fingerprint density at radius 3 is 2.72 bits per heavy atom. The maximum absolute atomic E-state index is 5.99. The molecule has 0 unspecified atom stereocenters. The molecule has 1 aliphatic carbocycles. The van der Waals surface area contributed by atoms with Crippen molar-refractivity contribution < 1.29 is 4.52 Å². The second kappa shape index (κ2) is 7.34. The SMILES string of the molecule is S=C(NC1CCCCC1)N1CCc2noc(-c3ccc(Cl)cc3)c2C1. The van der Waals surface area contributed by atoms with Crippen LogP contribution >= 0.6 is 23.8 Å². The predicted molar refractivity (Wildman–Crippen MR) is 104 cm³/mol. The fourth-order valence-corrected chi connectivity index (χ4v) is 4.18. The van der Waals surface area contributed by atoms with Gasteiger partial charge >= 0.3 is 0 Å². The lowest BCUT2D eigenvalue weighted by Crippen LogP contribution is -2.47. The topological polar surface area (TPSA) is 41.3 Å². The first-order valence-corrected chi connectivity index (χ1v) is 9.78. The number of nitrogens with one attached hydrogen (secondary N) is 1. The Hall–Kier alpha value is -1.59. The van der Waals surface area contributed by atoms with Crippen molar-refractivity contribution in [2.45, 2.75) is 51.1 Å². The molecule has 0 atom stereocenters. The highest BCUT2D eigenvalue weighted by molar-refractivity contribution is 7.80. The van der Waals surface area contributed by atoms with E-state index >= 15 is 0 Å². The van der Waals surface area contributed by atoms with Crippen molar-refractivity contribution in [1.82, 2.24) is 15.4 Å². The van der Waals surface area contributed by atoms with Gasteiger partial charge in [-0.05, 0) is 49.3 Å². The minimum atomic E-state index is 0.529. The summed E-state index contributed by atoms with van der Waals surface area (Å²) in [6, 6.07) is 8.23. The lowest BCUT2D eigenvalue weighted by Gasteiger charge is -2.32. The van der Waals surface area contributed by atoms with Crippen LogP contribution in [0, 0.1) is 0 Å². The molecule has 25 heavy (non-hydrogen) atoms. The van der Waals surface area contributed by atoms with Crippen LogP contribution in [0.4, 0.5) is 0 Å². The molecule has 0 spiro atoms. The van der Waals surface area contributed by atoms with Crippen molar-refractivity contribution in [3.05, 3.63) is 40.5 Å². The molecular formula is C19H22ClN3OS. The molecule has 2 aliphatic rings. The summed E-state index contributed by atoms with van der Waals surface area (Å²) in [5.74, 6) is 0.830. The maximum Gasteiger partial charge on any atom is 0.172 e. The summed E-state index contributed by atoms with van der Waals surface area (Å²) in [5, 5.41) is 9.41. The summed E-state index contributed by atoms with van der Waals surface area (Å²) in [4.78, 5) is 2.24. The molecule has 1 saturated carbocycles. The molecule has 4 rings (SSSR count). The van der Waals surface area contributed by atoms with Gasteiger partial charge in [0.2, 0.25) is 0 Å². The molecular weight excluding hydrogens is 354 g/mol. The van der Waals surface area contributed by atoms with Crippen LogP contribution in [0.15, 0.2) is 28.8 Å². The van der Waals surface area contributed by atoms with Gasteiger partial charge in [-0.25, -0.2) is 0 Å². The second-order valence-electron chi connectivity index (χ2n) is 6.90. The zero-order valence-electron chi connectivity index (χ0n) is 14.1. The normalized spacial score (nSPS) is 18.0. The van der Waals surface area contributed by atoms with Crippen LogP contribution in [-0.2, 0) is 13.0 Å². The van der Waals surface area contributed by atoms with Crippen molar-refractivity contribution >= 4 is 28.9 Å². The van der Waals surface area contributed by atoms with Gasteiger partial charge in [-0.2, -0.15) is 0 Å². The largest absolute Gasteiger partial charge is 0.360 e. The molecule has 0 radical (unpaired) electrons. The summed E-state index contributed by atoms with van der Waals surface area (Å²) in [6.07, 6.45) is 7.26. The highest BCUT2D eigenvalue weighted by atomic mass is 35.5. The van der Waals surface area contributed by atoms with Crippen molar-refractivity contribution in [1.29, 1.82) is 0 Å². The molecule has 0 saturated heterocycles. The van der Waals surface area contributed by atoms with E-state index < -0.39 is 0 Å². The number of thiocarbonyl (C=S) groups is 1. The Kier molecular flexibility index (Phi) is 4.95. The average molecular weight is 376 g/mol. The lowest BCUT2D eigenvalue weighted by molar-refractivity contribution is 0.355. The number of rotatable bonds is 2. The van der Waals surface area contributed by atoms with Crippen LogP contribution in [0.5, 0.6) is 0 Å². The first-order valence-electron chi connectivity index (χ1n) is 8.99. The third-order valence-corrected chi connectivity index (χ3v) is 5.79. The Bertz CT molecular complexity index is 753. The number of fused-ring (bicyclic) bond motifs is 1. The zero-order valence-corrected chi connectivity index (χ0v) is 15.7. The molecule has 1 N–H and O–H groups in total. The van der Waals surface area contributed by atoms with Crippen LogP contribution in [0.3, 0.4) is 0 Å². The summed E-state index contributed by atoms with van der Waals surface area (Å²) >= 11 is 11.7. The maximum atomic E-state index is 5.99. The molecule has 1 fully saturated rings. The average Bonchev–Trinajstić information content (AvgIpc) is 3.06. The van der Waals surface area contributed by atoms with Crippen molar-refractivity contribution in [2.24, 2.45) is 0 Å². The minimum Gasteiger partial charge on any atom is -0.360 e. The van der Waals surface area contributed by atoms with Crippen LogP contribution in [0.2, 0.25) is 5.02 Å².